The summed E-state index contributed by atoms with van der Waals surface area (Å²) in [5.74, 6) is 1.87. The number of hydrogen-bond donors (Lipinski definition) is 1. The van der Waals surface area contributed by atoms with Gasteiger partial charge in [-0.2, -0.15) is 0 Å². The van der Waals surface area contributed by atoms with Gasteiger partial charge in [0.2, 0.25) is 0 Å². The van der Waals surface area contributed by atoms with Crippen molar-refractivity contribution in [2.45, 2.75) is 6.92 Å². The fourth-order valence-corrected chi connectivity index (χ4v) is 3.29. The van der Waals surface area contributed by atoms with Gasteiger partial charge in [-0.1, -0.05) is 12.1 Å². The average molecular weight is 414 g/mol. The fourth-order valence-electron chi connectivity index (χ4n) is 2.99. The molecular weight excluding hydrogens is 392 g/mol. The van der Waals surface area contributed by atoms with Gasteiger partial charge in [0.05, 0.1) is 33.6 Å². The molecule has 1 heterocycles. The largest absolute Gasteiger partial charge is 0.496 e. The topological polar surface area (TPSA) is 69.3 Å². The molecule has 152 valence electrons. The van der Waals surface area contributed by atoms with E-state index in [0.717, 1.165) is 0 Å². The van der Waals surface area contributed by atoms with Crippen LogP contribution < -0.4 is 29.2 Å². The highest BCUT2D eigenvalue weighted by Gasteiger charge is 2.34. The fraction of sp³-hybridized carbons (Fsp3) is 0.238. The minimum atomic E-state index is -0.293. The average Bonchev–Trinajstić information content (AvgIpc) is 3.01. The van der Waals surface area contributed by atoms with E-state index < -0.39 is 0 Å². The number of amides is 1. The zero-order valence-electron chi connectivity index (χ0n) is 16.6. The van der Waals surface area contributed by atoms with E-state index in [1.165, 1.54) is 4.90 Å². The summed E-state index contributed by atoms with van der Waals surface area (Å²) < 4.78 is 21.7. The molecule has 0 bridgehead atoms. The van der Waals surface area contributed by atoms with E-state index in [1.54, 1.807) is 51.7 Å². The van der Waals surface area contributed by atoms with Gasteiger partial charge in [0, 0.05) is 11.6 Å². The second-order valence-corrected chi connectivity index (χ2v) is 6.37. The number of para-hydroxylation sites is 2. The minimum Gasteiger partial charge on any atom is -0.496 e. The van der Waals surface area contributed by atoms with Crippen molar-refractivity contribution in [1.29, 1.82) is 0 Å². The van der Waals surface area contributed by atoms with Gasteiger partial charge in [-0.15, -0.1) is 0 Å². The van der Waals surface area contributed by atoms with Crippen molar-refractivity contribution in [2.24, 2.45) is 0 Å². The summed E-state index contributed by atoms with van der Waals surface area (Å²) in [6.45, 7) is 2.36. The first kappa shape index (κ1) is 20.5. The van der Waals surface area contributed by atoms with Crippen molar-refractivity contribution in [2.75, 3.05) is 32.8 Å². The molecule has 3 rings (SSSR count). The smallest absolute Gasteiger partial charge is 0.281 e. The lowest BCUT2D eigenvalue weighted by atomic mass is 10.1. The SMILES string of the molecule is CCOc1ccccc1N1C(=O)/C(=C\c2cc(OC)c(OC)cc2OC)NC1=S. The Morgan fingerprint density at radius 1 is 1.00 bits per heavy atom. The maximum Gasteiger partial charge on any atom is 0.281 e. The van der Waals surface area contributed by atoms with Crippen molar-refractivity contribution < 1.29 is 23.7 Å². The van der Waals surface area contributed by atoms with E-state index in [9.17, 15) is 4.79 Å². The summed E-state index contributed by atoms with van der Waals surface area (Å²) in [7, 11) is 4.63. The first-order valence-electron chi connectivity index (χ1n) is 8.93. The molecule has 8 heteroatoms. The first-order chi connectivity index (χ1) is 14.0. The third kappa shape index (κ3) is 3.97. The Labute approximate surface area is 174 Å². The number of methoxy groups -OCH3 is 3. The van der Waals surface area contributed by atoms with Crippen LogP contribution in [0, 0.1) is 0 Å². The molecule has 1 aliphatic rings. The van der Waals surface area contributed by atoms with Crippen LogP contribution in [0.5, 0.6) is 23.0 Å². The molecule has 1 aliphatic heterocycles. The van der Waals surface area contributed by atoms with Gasteiger partial charge in [-0.05, 0) is 43.4 Å². The maximum absolute atomic E-state index is 13.1. The Hall–Kier alpha value is -3.26. The normalized spacial score (nSPS) is 14.8. The van der Waals surface area contributed by atoms with Crippen molar-refractivity contribution in [3.8, 4) is 23.0 Å². The lowest BCUT2D eigenvalue weighted by Crippen LogP contribution is -2.30. The van der Waals surface area contributed by atoms with Crippen LogP contribution in [0.2, 0.25) is 0 Å². The Bertz CT molecular complexity index is 974. The van der Waals surface area contributed by atoms with E-state index in [0.29, 0.717) is 46.6 Å². The summed E-state index contributed by atoms with van der Waals surface area (Å²) in [5, 5.41) is 3.24. The summed E-state index contributed by atoms with van der Waals surface area (Å²) in [6.07, 6.45) is 1.67. The monoisotopic (exact) mass is 414 g/mol. The summed E-state index contributed by atoms with van der Waals surface area (Å²) in [6, 6.07) is 10.7. The molecule has 1 saturated heterocycles. The number of carbonyl (C=O) groups is 1. The first-order valence-corrected chi connectivity index (χ1v) is 9.33. The van der Waals surface area contributed by atoms with Gasteiger partial charge in [0.15, 0.2) is 16.6 Å². The van der Waals surface area contributed by atoms with Crippen molar-refractivity contribution in [3.05, 3.63) is 47.7 Å². The molecule has 2 aromatic carbocycles. The molecule has 2 aromatic rings. The highest BCUT2D eigenvalue weighted by atomic mass is 32.1. The number of benzene rings is 2. The summed E-state index contributed by atoms with van der Waals surface area (Å²) >= 11 is 5.41. The Morgan fingerprint density at radius 2 is 1.66 bits per heavy atom. The van der Waals surface area contributed by atoms with Crippen LogP contribution in [0.3, 0.4) is 0 Å². The molecule has 1 fully saturated rings. The molecular formula is C21H22N2O5S. The molecule has 0 aromatic heterocycles. The van der Waals surface area contributed by atoms with Crippen LogP contribution in [-0.4, -0.2) is 39.0 Å². The van der Waals surface area contributed by atoms with Crippen LogP contribution in [0.15, 0.2) is 42.1 Å². The molecule has 0 radical (unpaired) electrons. The molecule has 1 amide bonds. The van der Waals surface area contributed by atoms with Gasteiger partial charge in [0.25, 0.3) is 5.91 Å². The predicted molar refractivity (Wildman–Crippen MR) is 115 cm³/mol. The number of nitrogens with one attached hydrogen (secondary N) is 1. The van der Waals surface area contributed by atoms with Gasteiger partial charge >= 0.3 is 0 Å². The minimum absolute atomic E-state index is 0.271. The Morgan fingerprint density at radius 3 is 2.31 bits per heavy atom. The standard InChI is InChI=1S/C21H22N2O5S/c1-5-28-16-9-7-6-8-15(16)23-20(24)14(22-21(23)29)10-13-11-18(26-3)19(27-4)12-17(13)25-2/h6-12H,5H2,1-4H3,(H,22,29)/b14-10+. The van der Waals surface area contributed by atoms with Gasteiger partial charge in [-0.3, -0.25) is 4.79 Å². The van der Waals surface area contributed by atoms with E-state index >= 15 is 0 Å². The molecule has 0 saturated carbocycles. The number of anilines is 1. The van der Waals surface area contributed by atoms with E-state index in [2.05, 4.69) is 5.32 Å². The molecule has 7 nitrogen and oxygen atoms in total. The molecule has 29 heavy (non-hydrogen) atoms. The number of rotatable bonds is 7. The Kier molecular flexibility index (Phi) is 6.23. The van der Waals surface area contributed by atoms with Crippen LogP contribution in [0.25, 0.3) is 6.08 Å². The Balaban J connectivity index is 2.01. The number of carbonyl (C=O) groups excluding carboxylic acids is 1. The number of thiocarbonyl (C=S) groups is 1. The van der Waals surface area contributed by atoms with Crippen LogP contribution in [0.1, 0.15) is 12.5 Å². The lowest BCUT2D eigenvalue weighted by Gasteiger charge is -2.18. The zero-order valence-corrected chi connectivity index (χ0v) is 17.5. The van der Waals surface area contributed by atoms with Crippen molar-refractivity contribution in [1.82, 2.24) is 5.32 Å². The number of ether oxygens (including phenoxy) is 4. The van der Waals surface area contributed by atoms with E-state index in [4.69, 9.17) is 31.2 Å². The van der Waals surface area contributed by atoms with E-state index in [1.807, 2.05) is 19.1 Å². The molecule has 0 unspecified atom stereocenters. The summed E-state index contributed by atoms with van der Waals surface area (Å²) in [4.78, 5) is 14.5. The van der Waals surface area contributed by atoms with Gasteiger partial charge in [0.1, 0.15) is 17.2 Å². The van der Waals surface area contributed by atoms with Crippen molar-refractivity contribution in [3.63, 3.8) is 0 Å². The molecule has 0 spiro atoms. The molecule has 0 aliphatic carbocycles. The second-order valence-electron chi connectivity index (χ2n) is 5.98. The third-order valence-corrected chi connectivity index (χ3v) is 4.60. The van der Waals surface area contributed by atoms with E-state index in [-0.39, 0.29) is 11.0 Å². The van der Waals surface area contributed by atoms with Gasteiger partial charge < -0.3 is 24.3 Å². The quantitative estimate of drug-likeness (QED) is 0.550. The van der Waals surface area contributed by atoms with Gasteiger partial charge in [-0.25, -0.2) is 4.90 Å². The summed E-state index contributed by atoms with van der Waals surface area (Å²) in [5.41, 5.74) is 1.54. The molecule has 1 N–H and O–H groups in total. The second kappa shape index (κ2) is 8.83. The predicted octanol–water partition coefficient (Wildman–Crippen LogP) is 3.37. The third-order valence-electron chi connectivity index (χ3n) is 4.32. The van der Waals surface area contributed by atoms with Crippen LogP contribution in [0.4, 0.5) is 5.69 Å². The van der Waals surface area contributed by atoms with Crippen LogP contribution in [-0.2, 0) is 4.79 Å². The zero-order chi connectivity index (χ0) is 21.0. The highest BCUT2D eigenvalue weighted by molar-refractivity contribution is 7.80. The number of hydrogen-bond acceptors (Lipinski definition) is 6. The molecule has 0 atom stereocenters. The van der Waals surface area contributed by atoms with Crippen molar-refractivity contribution >= 4 is 35.0 Å². The van der Waals surface area contributed by atoms with Crippen LogP contribution >= 0.6 is 12.2 Å². The lowest BCUT2D eigenvalue weighted by molar-refractivity contribution is -0.113. The number of nitrogens with zero attached hydrogens (tertiary/aromatic N) is 1. The highest BCUT2D eigenvalue weighted by Crippen LogP contribution is 2.37. The maximum atomic E-state index is 13.1.